The summed E-state index contributed by atoms with van der Waals surface area (Å²) in [7, 11) is 0. The second-order valence-electron chi connectivity index (χ2n) is 3.68. The lowest BCUT2D eigenvalue weighted by Gasteiger charge is -2.19. The molecule has 1 aromatic heterocycles. The van der Waals surface area contributed by atoms with E-state index in [1.54, 1.807) is 0 Å². The zero-order valence-corrected chi connectivity index (χ0v) is 8.45. The topological polar surface area (TPSA) is 25.2 Å². The Bertz CT molecular complexity index is 381. The van der Waals surface area contributed by atoms with Crippen LogP contribution >= 0.6 is 0 Å². The van der Waals surface area contributed by atoms with E-state index in [4.69, 9.17) is 0 Å². The van der Waals surface area contributed by atoms with E-state index in [1.165, 1.54) is 5.69 Å². The lowest BCUT2D eigenvalue weighted by Crippen LogP contribution is -2.11. The van der Waals surface area contributed by atoms with Crippen LogP contribution in [0.4, 0.5) is 0 Å². The van der Waals surface area contributed by atoms with E-state index in [9.17, 15) is 5.11 Å². The molecule has 2 rings (SSSR count). The zero-order chi connectivity index (χ0) is 9.97. The van der Waals surface area contributed by atoms with Crippen molar-refractivity contribution >= 4 is 0 Å². The summed E-state index contributed by atoms with van der Waals surface area (Å²) in [5.41, 5.74) is 2.38. The van der Waals surface area contributed by atoms with Gasteiger partial charge in [-0.3, -0.25) is 0 Å². The van der Waals surface area contributed by atoms with E-state index < -0.39 is 0 Å². The summed E-state index contributed by atoms with van der Waals surface area (Å²) in [5, 5.41) is 9.75. The maximum absolute atomic E-state index is 9.75. The number of nitrogens with zero attached hydrogens (tertiary/aromatic N) is 1. The number of rotatable bonds is 1. The third-order valence-electron chi connectivity index (χ3n) is 2.79. The summed E-state index contributed by atoms with van der Waals surface area (Å²) < 4.78 is 2.15. The molecule has 1 atom stereocenters. The monoisotopic (exact) mass is 189 g/mol. The first kappa shape index (κ1) is 9.36. The number of fused-ring (bicyclic) bond motifs is 1. The van der Waals surface area contributed by atoms with Crippen LogP contribution in [0.1, 0.15) is 37.1 Å². The van der Waals surface area contributed by atoms with E-state index in [1.807, 2.05) is 19.2 Å². The van der Waals surface area contributed by atoms with E-state index in [2.05, 4.69) is 16.4 Å². The molecule has 14 heavy (non-hydrogen) atoms. The zero-order valence-electron chi connectivity index (χ0n) is 8.45. The average Bonchev–Trinajstić information content (AvgIpc) is 2.60. The molecule has 2 nitrogen and oxygen atoms in total. The molecule has 0 saturated carbocycles. The lowest BCUT2D eigenvalue weighted by molar-refractivity contribution is 0.156. The van der Waals surface area contributed by atoms with Crippen molar-refractivity contribution in [2.24, 2.45) is 0 Å². The number of hydrogen-bond donors (Lipinski definition) is 1. The van der Waals surface area contributed by atoms with Crippen LogP contribution in [0, 0.1) is 11.8 Å². The molecule has 0 saturated heterocycles. The SMILES string of the molecule is CC#CCn1ccc2c1CCCC2O. The molecule has 0 radical (unpaired) electrons. The molecule has 2 heteroatoms. The minimum Gasteiger partial charge on any atom is -0.388 e. The molecular formula is C12H15NO. The number of aliphatic hydroxyl groups is 1. The second-order valence-corrected chi connectivity index (χ2v) is 3.68. The Hall–Kier alpha value is -1.20. The molecule has 1 heterocycles. The Morgan fingerprint density at radius 2 is 2.50 bits per heavy atom. The standard InChI is InChI=1S/C12H15NO/c1-2-3-8-13-9-7-10-11(13)5-4-6-12(10)14/h7,9,12,14H,4-6,8H2,1H3. The van der Waals surface area contributed by atoms with Gasteiger partial charge < -0.3 is 9.67 Å². The van der Waals surface area contributed by atoms with Crippen LogP contribution < -0.4 is 0 Å². The molecule has 0 bridgehead atoms. The van der Waals surface area contributed by atoms with Crippen molar-refractivity contribution in [2.75, 3.05) is 0 Å². The molecule has 1 aromatic rings. The van der Waals surface area contributed by atoms with Gasteiger partial charge in [-0.1, -0.05) is 5.92 Å². The van der Waals surface area contributed by atoms with Crippen molar-refractivity contribution in [1.82, 2.24) is 4.57 Å². The highest BCUT2D eigenvalue weighted by Gasteiger charge is 2.20. The van der Waals surface area contributed by atoms with Gasteiger partial charge in [0.25, 0.3) is 0 Å². The van der Waals surface area contributed by atoms with Crippen molar-refractivity contribution in [3.05, 3.63) is 23.5 Å². The summed E-state index contributed by atoms with van der Waals surface area (Å²) in [4.78, 5) is 0. The Labute approximate surface area is 84.6 Å². The van der Waals surface area contributed by atoms with E-state index in [0.29, 0.717) is 0 Å². The summed E-state index contributed by atoms with van der Waals surface area (Å²) in [6.07, 6.45) is 4.83. The summed E-state index contributed by atoms with van der Waals surface area (Å²) in [5.74, 6) is 5.94. The fraction of sp³-hybridized carbons (Fsp3) is 0.500. The van der Waals surface area contributed by atoms with Gasteiger partial charge in [0.2, 0.25) is 0 Å². The molecule has 1 aliphatic carbocycles. The smallest absolute Gasteiger partial charge is 0.0834 e. The molecule has 74 valence electrons. The number of aliphatic hydroxyl groups excluding tert-OH is 1. The van der Waals surface area contributed by atoms with Gasteiger partial charge in [0.1, 0.15) is 0 Å². The number of aromatic nitrogens is 1. The summed E-state index contributed by atoms with van der Waals surface area (Å²) in [6.45, 7) is 2.60. The van der Waals surface area contributed by atoms with Crippen LogP contribution in [0.3, 0.4) is 0 Å². The van der Waals surface area contributed by atoms with Gasteiger partial charge in [-0.25, -0.2) is 0 Å². The maximum atomic E-state index is 9.75. The molecule has 1 aliphatic rings. The van der Waals surface area contributed by atoms with Gasteiger partial charge in [0, 0.05) is 17.5 Å². The molecule has 0 spiro atoms. The highest BCUT2D eigenvalue weighted by molar-refractivity contribution is 5.28. The van der Waals surface area contributed by atoms with E-state index >= 15 is 0 Å². The van der Waals surface area contributed by atoms with Crippen LogP contribution in [0.5, 0.6) is 0 Å². The first-order valence-corrected chi connectivity index (χ1v) is 5.08. The first-order chi connectivity index (χ1) is 6.83. The minimum atomic E-state index is -0.255. The highest BCUT2D eigenvalue weighted by Crippen LogP contribution is 2.30. The Balaban J connectivity index is 2.29. The van der Waals surface area contributed by atoms with Gasteiger partial charge in [-0.05, 0) is 32.3 Å². The van der Waals surface area contributed by atoms with Gasteiger partial charge in [-0.2, -0.15) is 0 Å². The van der Waals surface area contributed by atoms with Crippen molar-refractivity contribution in [2.45, 2.75) is 38.8 Å². The Kier molecular flexibility index (Phi) is 2.60. The van der Waals surface area contributed by atoms with Crippen LogP contribution in [0.25, 0.3) is 0 Å². The van der Waals surface area contributed by atoms with E-state index in [-0.39, 0.29) is 6.10 Å². The van der Waals surface area contributed by atoms with E-state index in [0.717, 1.165) is 31.4 Å². The Morgan fingerprint density at radius 3 is 3.29 bits per heavy atom. The summed E-state index contributed by atoms with van der Waals surface area (Å²) >= 11 is 0. The highest BCUT2D eigenvalue weighted by atomic mass is 16.3. The third kappa shape index (κ3) is 1.56. The van der Waals surface area contributed by atoms with Crippen molar-refractivity contribution in [3.8, 4) is 11.8 Å². The molecule has 0 aromatic carbocycles. The van der Waals surface area contributed by atoms with Gasteiger partial charge >= 0.3 is 0 Å². The van der Waals surface area contributed by atoms with Crippen LogP contribution in [0.15, 0.2) is 12.3 Å². The predicted molar refractivity (Wildman–Crippen MR) is 55.8 cm³/mol. The number of hydrogen-bond acceptors (Lipinski definition) is 1. The molecule has 0 aliphatic heterocycles. The molecule has 1 unspecified atom stereocenters. The normalized spacial score (nSPS) is 19.7. The van der Waals surface area contributed by atoms with Crippen molar-refractivity contribution in [1.29, 1.82) is 0 Å². The molecular weight excluding hydrogens is 174 g/mol. The van der Waals surface area contributed by atoms with Crippen molar-refractivity contribution in [3.63, 3.8) is 0 Å². The molecule has 0 fully saturated rings. The van der Waals surface area contributed by atoms with Gasteiger partial charge in [0.15, 0.2) is 0 Å². The minimum absolute atomic E-state index is 0.255. The fourth-order valence-corrected chi connectivity index (χ4v) is 2.04. The fourth-order valence-electron chi connectivity index (χ4n) is 2.04. The molecule has 1 N–H and O–H groups in total. The first-order valence-electron chi connectivity index (χ1n) is 5.08. The maximum Gasteiger partial charge on any atom is 0.0834 e. The third-order valence-corrected chi connectivity index (χ3v) is 2.79. The molecule has 0 amide bonds. The second kappa shape index (κ2) is 3.89. The lowest BCUT2D eigenvalue weighted by atomic mass is 9.95. The largest absolute Gasteiger partial charge is 0.388 e. The quantitative estimate of drug-likeness (QED) is 0.670. The predicted octanol–water partition coefficient (Wildman–Crippen LogP) is 1.88. The van der Waals surface area contributed by atoms with Crippen molar-refractivity contribution < 1.29 is 5.11 Å². The van der Waals surface area contributed by atoms with Crippen LogP contribution in [-0.2, 0) is 13.0 Å². The summed E-state index contributed by atoms with van der Waals surface area (Å²) in [6, 6.07) is 2.02. The van der Waals surface area contributed by atoms with Crippen LogP contribution in [0.2, 0.25) is 0 Å². The average molecular weight is 189 g/mol. The van der Waals surface area contributed by atoms with Gasteiger partial charge in [0.05, 0.1) is 12.6 Å². The Morgan fingerprint density at radius 1 is 1.64 bits per heavy atom. The van der Waals surface area contributed by atoms with Crippen LogP contribution in [-0.4, -0.2) is 9.67 Å². The van der Waals surface area contributed by atoms with Gasteiger partial charge in [-0.15, -0.1) is 5.92 Å².